The molecular formula is C20H24N6O2S. The number of nitrogen functional groups attached to an aromatic ring is 1. The minimum Gasteiger partial charge on any atom is -0.369 e. The number of hydrogen-bond donors (Lipinski definition) is 2. The SMILES string of the molecule is Cc1ccc(S(=O)(=O)NC23CCC(CC2)CC3)cc1-c1cn2c(N)ncnc2n1. The molecule has 3 aromatic rings. The van der Waals surface area contributed by atoms with Gasteiger partial charge in [0.2, 0.25) is 21.7 Å². The highest BCUT2D eigenvalue weighted by Gasteiger charge is 2.43. The first-order valence-electron chi connectivity index (χ1n) is 9.96. The first-order valence-corrected chi connectivity index (χ1v) is 11.4. The molecule has 2 heterocycles. The van der Waals surface area contributed by atoms with E-state index in [0.717, 1.165) is 55.6 Å². The normalized spacial score (nSPS) is 24.2. The van der Waals surface area contributed by atoms with Gasteiger partial charge in [-0.25, -0.2) is 28.1 Å². The van der Waals surface area contributed by atoms with E-state index in [0.29, 0.717) is 11.5 Å². The average molecular weight is 413 g/mol. The number of sulfonamides is 1. The standard InChI is InChI=1S/C20H24N6O2S/c1-13-2-3-15(29(27,28)25-20-7-4-14(5-8-20)6-9-20)10-16(13)17-11-26-18(21)22-12-23-19(26)24-17/h2-3,10-12,14,25H,4-9H2,1H3,(H2,21,22,23,24). The van der Waals surface area contributed by atoms with Crippen molar-refractivity contribution >= 4 is 21.7 Å². The van der Waals surface area contributed by atoms with Gasteiger partial charge in [0.15, 0.2) is 0 Å². The molecule has 3 aliphatic carbocycles. The molecule has 29 heavy (non-hydrogen) atoms. The average Bonchev–Trinajstić information content (AvgIpc) is 3.14. The number of nitrogens with two attached hydrogens (primary N) is 1. The summed E-state index contributed by atoms with van der Waals surface area (Å²) in [4.78, 5) is 12.8. The van der Waals surface area contributed by atoms with Crippen LogP contribution in [0.2, 0.25) is 0 Å². The molecule has 0 aliphatic heterocycles. The smallest absolute Gasteiger partial charge is 0.241 e. The van der Waals surface area contributed by atoms with Gasteiger partial charge in [0.1, 0.15) is 6.33 Å². The molecule has 0 unspecified atom stereocenters. The van der Waals surface area contributed by atoms with Crippen molar-refractivity contribution in [2.45, 2.75) is 55.9 Å². The molecule has 1 aromatic carbocycles. The third-order valence-corrected chi connectivity index (χ3v) is 8.11. The number of nitrogens with one attached hydrogen (secondary N) is 1. The van der Waals surface area contributed by atoms with Crippen molar-refractivity contribution in [1.29, 1.82) is 0 Å². The van der Waals surface area contributed by atoms with E-state index in [-0.39, 0.29) is 16.4 Å². The lowest BCUT2D eigenvalue weighted by atomic mass is 9.66. The molecule has 3 N–H and O–H groups in total. The van der Waals surface area contributed by atoms with Crippen molar-refractivity contribution in [1.82, 2.24) is 24.1 Å². The summed E-state index contributed by atoms with van der Waals surface area (Å²) in [5, 5.41) is 0. The molecule has 0 atom stereocenters. The van der Waals surface area contributed by atoms with Crippen molar-refractivity contribution < 1.29 is 8.42 Å². The van der Waals surface area contributed by atoms with E-state index < -0.39 is 10.0 Å². The van der Waals surface area contributed by atoms with Gasteiger partial charge in [-0.1, -0.05) is 6.07 Å². The predicted octanol–water partition coefficient (Wildman–Crippen LogP) is 2.68. The molecule has 0 saturated heterocycles. The van der Waals surface area contributed by atoms with Crippen molar-refractivity contribution in [3.8, 4) is 11.3 Å². The highest BCUT2D eigenvalue weighted by atomic mass is 32.2. The summed E-state index contributed by atoms with van der Waals surface area (Å²) in [6.07, 6.45) is 9.23. The van der Waals surface area contributed by atoms with Crippen molar-refractivity contribution in [3.63, 3.8) is 0 Å². The Bertz CT molecular complexity index is 1180. The summed E-state index contributed by atoms with van der Waals surface area (Å²) >= 11 is 0. The summed E-state index contributed by atoms with van der Waals surface area (Å²) < 4.78 is 31.1. The van der Waals surface area contributed by atoms with E-state index in [4.69, 9.17) is 5.73 Å². The Labute approximate surface area is 169 Å². The van der Waals surface area contributed by atoms with E-state index in [1.54, 1.807) is 22.7 Å². The fourth-order valence-corrected chi connectivity index (χ4v) is 6.27. The molecule has 0 radical (unpaired) electrons. The minimum atomic E-state index is -3.63. The Hall–Kier alpha value is -2.52. The maximum atomic E-state index is 13.2. The third-order valence-electron chi connectivity index (χ3n) is 6.54. The Balaban J connectivity index is 1.52. The van der Waals surface area contributed by atoms with Crippen LogP contribution in [-0.2, 0) is 10.0 Å². The van der Waals surface area contributed by atoms with Crippen LogP contribution in [-0.4, -0.2) is 33.3 Å². The Morgan fingerprint density at radius 3 is 2.59 bits per heavy atom. The van der Waals surface area contributed by atoms with Gasteiger partial charge >= 0.3 is 0 Å². The fraction of sp³-hybridized carbons (Fsp3) is 0.450. The van der Waals surface area contributed by atoms with Crippen LogP contribution in [0.1, 0.15) is 44.1 Å². The molecule has 152 valence electrons. The number of benzene rings is 1. The lowest BCUT2D eigenvalue weighted by Crippen LogP contribution is -2.53. The third kappa shape index (κ3) is 3.18. The van der Waals surface area contributed by atoms with Crippen LogP contribution in [0.5, 0.6) is 0 Å². The first-order chi connectivity index (χ1) is 13.9. The second-order valence-corrected chi connectivity index (χ2v) is 10.1. The molecule has 3 aliphatic rings. The number of aromatic nitrogens is 4. The number of aryl methyl sites for hydroxylation is 1. The zero-order valence-electron chi connectivity index (χ0n) is 16.3. The predicted molar refractivity (Wildman–Crippen MR) is 110 cm³/mol. The van der Waals surface area contributed by atoms with E-state index in [1.807, 2.05) is 13.0 Å². The Morgan fingerprint density at radius 2 is 1.90 bits per heavy atom. The molecule has 0 spiro atoms. The van der Waals surface area contributed by atoms with Gasteiger partial charge in [-0.05, 0) is 69.1 Å². The monoisotopic (exact) mass is 412 g/mol. The van der Waals surface area contributed by atoms with E-state index >= 15 is 0 Å². The number of anilines is 1. The number of imidazole rings is 1. The van der Waals surface area contributed by atoms with E-state index in [2.05, 4.69) is 19.7 Å². The molecule has 6 rings (SSSR count). The fourth-order valence-electron chi connectivity index (χ4n) is 4.75. The highest BCUT2D eigenvalue weighted by molar-refractivity contribution is 7.89. The molecule has 8 nitrogen and oxygen atoms in total. The summed E-state index contributed by atoms with van der Waals surface area (Å²) in [7, 11) is -3.63. The zero-order valence-corrected chi connectivity index (χ0v) is 17.1. The van der Waals surface area contributed by atoms with E-state index in [1.165, 1.54) is 6.33 Å². The number of nitrogens with zero attached hydrogens (tertiary/aromatic N) is 4. The number of fused-ring (bicyclic) bond motifs is 4. The molecule has 9 heteroatoms. The maximum absolute atomic E-state index is 13.2. The maximum Gasteiger partial charge on any atom is 0.241 e. The van der Waals surface area contributed by atoms with Crippen molar-refractivity contribution in [3.05, 3.63) is 36.3 Å². The quantitative estimate of drug-likeness (QED) is 0.681. The lowest BCUT2D eigenvalue weighted by molar-refractivity contribution is 0.126. The van der Waals surface area contributed by atoms with Crippen LogP contribution < -0.4 is 10.5 Å². The van der Waals surface area contributed by atoms with Gasteiger partial charge < -0.3 is 5.73 Å². The molecule has 2 aromatic heterocycles. The zero-order chi connectivity index (χ0) is 20.2. The second-order valence-electron chi connectivity index (χ2n) is 8.37. The van der Waals surface area contributed by atoms with E-state index in [9.17, 15) is 8.42 Å². The Kier molecular flexibility index (Phi) is 4.15. The van der Waals surface area contributed by atoms with Crippen LogP contribution >= 0.6 is 0 Å². The number of hydrogen-bond acceptors (Lipinski definition) is 6. The molecule has 0 amide bonds. The summed E-state index contributed by atoms with van der Waals surface area (Å²) in [6.45, 7) is 1.93. The first kappa shape index (κ1) is 18.5. The molecule has 3 fully saturated rings. The van der Waals surface area contributed by atoms with Crippen LogP contribution in [0.15, 0.2) is 35.6 Å². The van der Waals surface area contributed by atoms with Crippen molar-refractivity contribution in [2.75, 3.05) is 5.73 Å². The Morgan fingerprint density at radius 1 is 1.17 bits per heavy atom. The van der Waals surface area contributed by atoms with Crippen LogP contribution in [0, 0.1) is 12.8 Å². The van der Waals surface area contributed by atoms with Gasteiger partial charge in [-0.3, -0.25) is 4.40 Å². The molecular weight excluding hydrogens is 388 g/mol. The topological polar surface area (TPSA) is 115 Å². The van der Waals surface area contributed by atoms with Crippen molar-refractivity contribution in [2.24, 2.45) is 5.92 Å². The lowest BCUT2D eigenvalue weighted by Gasteiger charge is -2.46. The number of rotatable bonds is 4. The van der Waals surface area contributed by atoms with Gasteiger partial charge in [0.25, 0.3) is 0 Å². The second kappa shape index (κ2) is 6.50. The van der Waals surface area contributed by atoms with Gasteiger partial charge in [0.05, 0.1) is 10.6 Å². The van der Waals surface area contributed by atoms with Gasteiger partial charge in [-0.2, -0.15) is 0 Å². The molecule has 3 saturated carbocycles. The largest absolute Gasteiger partial charge is 0.369 e. The highest BCUT2D eigenvalue weighted by Crippen LogP contribution is 2.44. The summed E-state index contributed by atoms with van der Waals surface area (Å²) in [5.41, 5.74) is 7.88. The molecule has 2 bridgehead atoms. The van der Waals surface area contributed by atoms with Crippen LogP contribution in [0.4, 0.5) is 5.95 Å². The van der Waals surface area contributed by atoms with Crippen LogP contribution in [0.3, 0.4) is 0 Å². The minimum absolute atomic E-state index is 0.260. The summed E-state index contributed by atoms with van der Waals surface area (Å²) in [5.74, 6) is 1.48. The summed E-state index contributed by atoms with van der Waals surface area (Å²) in [6, 6.07) is 5.17. The van der Waals surface area contributed by atoms with Crippen LogP contribution in [0.25, 0.3) is 17.0 Å². The van der Waals surface area contributed by atoms with Gasteiger partial charge in [-0.15, -0.1) is 0 Å². The van der Waals surface area contributed by atoms with Gasteiger partial charge in [0, 0.05) is 17.3 Å².